The van der Waals surface area contributed by atoms with E-state index in [1.807, 2.05) is 12.1 Å². The predicted molar refractivity (Wildman–Crippen MR) is 130 cm³/mol. The van der Waals surface area contributed by atoms with Crippen molar-refractivity contribution in [1.82, 2.24) is 10.3 Å². The van der Waals surface area contributed by atoms with Crippen LogP contribution in [0.4, 0.5) is 0 Å². The summed E-state index contributed by atoms with van der Waals surface area (Å²) in [6.45, 7) is 5.94. The van der Waals surface area contributed by atoms with Gasteiger partial charge in [0.2, 0.25) is 0 Å². The maximum absolute atomic E-state index is 6.07. The molecule has 3 aromatic carbocycles. The molecule has 0 aliphatic carbocycles. The summed E-state index contributed by atoms with van der Waals surface area (Å²) in [5.74, 6) is 1.55. The van der Waals surface area contributed by atoms with Crippen LogP contribution in [0.25, 0.3) is 10.9 Å². The molecule has 1 unspecified atom stereocenters. The normalized spacial score (nSPS) is 15.5. The third kappa shape index (κ3) is 3.87. The number of ether oxygens (including phenoxy) is 2. The van der Waals surface area contributed by atoms with E-state index in [-0.39, 0.29) is 6.04 Å². The lowest BCUT2D eigenvalue weighted by Gasteiger charge is -2.25. The van der Waals surface area contributed by atoms with Crippen LogP contribution in [0, 0.1) is 13.8 Å². The number of benzene rings is 3. The van der Waals surface area contributed by atoms with Gasteiger partial charge in [0.25, 0.3) is 0 Å². The second-order valence-electron chi connectivity index (χ2n) is 8.65. The van der Waals surface area contributed by atoms with E-state index in [0.717, 1.165) is 30.9 Å². The van der Waals surface area contributed by atoms with Gasteiger partial charge in [-0.05, 0) is 66.3 Å². The van der Waals surface area contributed by atoms with Crippen molar-refractivity contribution in [3.05, 3.63) is 94.2 Å². The Bertz CT molecular complexity index is 1240. The number of aromatic nitrogens is 1. The average Bonchev–Trinajstić information content (AvgIpc) is 3.18. The van der Waals surface area contributed by atoms with Gasteiger partial charge in [-0.2, -0.15) is 0 Å². The first-order chi connectivity index (χ1) is 15.6. The Morgan fingerprint density at radius 2 is 1.81 bits per heavy atom. The first-order valence-electron chi connectivity index (χ1n) is 11.3. The highest BCUT2D eigenvalue weighted by Gasteiger charge is 2.26. The number of methoxy groups -OCH3 is 1. The van der Waals surface area contributed by atoms with Crippen molar-refractivity contribution >= 4 is 10.9 Å². The Morgan fingerprint density at radius 3 is 2.62 bits per heavy atom. The number of rotatable bonds is 6. The summed E-state index contributed by atoms with van der Waals surface area (Å²) in [5.41, 5.74) is 9.01. The first kappa shape index (κ1) is 20.7. The lowest BCUT2D eigenvalue weighted by Crippen LogP contribution is -2.30. The van der Waals surface area contributed by atoms with E-state index < -0.39 is 0 Å². The SMILES string of the molecule is COc1cc(C2NCCc3c2[nH]c2cc(C)cc(C)c32)ccc1OCCc1ccccc1. The van der Waals surface area contributed by atoms with Crippen LogP contribution in [0.2, 0.25) is 0 Å². The van der Waals surface area contributed by atoms with Gasteiger partial charge in [-0.25, -0.2) is 0 Å². The first-order valence-corrected chi connectivity index (χ1v) is 11.3. The van der Waals surface area contributed by atoms with Crippen molar-refractivity contribution in [3.8, 4) is 11.5 Å². The molecule has 0 amide bonds. The van der Waals surface area contributed by atoms with Crippen LogP contribution in [-0.2, 0) is 12.8 Å². The Kier molecular flexibility index (Phi) is 5.62. The maximum Gasteiger partial charge on any atom is 0.161 e. The molecule has 4 aromatic rings. The van der Waals surface area contributed by atoms with Crippen LogP contribution in [-0.4, -0.2) is 25.2 Å². The maximum atomic E-state index is 6.07. The van der Waals surface area contributed by atoms with E-state index in [0.29, 0.717) is 6.61 Å². The van der Waals surface area contributed by atoms with Crippen molar-refractivity contribution < 1.29 is 9.47 Å². The molecular formula is C28H30N2O2. The van der Waals surface area contributed by atoms with Crippen LogP contribution in [0.3, 0.4) is 0 Å². The fourth-order valence-corrected chi connectivity index (χ4v) is 4.96. The van der Waals surface area contributed by atoms with Gasteiger partial charge in [-0.1, -0.05) is 42.5 Å². The standard InChI is InChI=1S/C28H30N2O2/c1-18-15-19(2)26-22-11-13-29-27(28(22)30-23(26)16-18)21-9-10-24(25(17-21)31-3)32-14-12-20-7-5-4-6-8-20/h4-10,15-17,27,29-30H,11-14H2,1-3H3. The minimum absolute atomic E-state index is 0.109. The van der Waals surface area contributed by atoms with Crippen LogP contribution < -0.4 is 14.8 Å². The Morgan fingerprint density at radius 1 is 0.969 bits per heavy atom. The molecule has 2 heterocycles. The van der Waals surface area contributed by atoms with Gasteiger partial charge in [0.15, 0.2) is 11.5 Å². The van der Waals surface area contributed by atoms with Crippen molar-refractivity contribution in [1.29, 1.82) is 0 Å². The van der Waals surface area contributed by atoms with Crippen molar-refractivity contribution in [2.45, 2.75) is 32.7 Å². The van der Waals surface area contributed by atoms with E-state index in [4.69, 9.17) is 9.47 Å². The quantitative estimate of drug-likeness (QED) is 0.419. The number of H-pyrrole nitrogens is 1. The van der Waals surface area contributed by atoms with Gasteiger partial charge in [-0.3, -0.25) is 0 Å². The van der Waals surface area contributed by atoms with E-state index in [2.05, 4.69) is 72.7 Å². The average molecular weight is 427 g/mol. The summed E-state index contributed by atoms with van der Waals surface area (Å²) in [6, 6.07) is 21.3. The van der Waals surface area contributed by atoms with Gasteiger partial charge in [0.1, 0.15) is 0 Å². The van der Waals surface area contributed by atoms with E-state index >= 15 is 0 Å². The molecule has 32 heavy (non-hydrogen) atoms. The van der Waals surface area contributed by atoms with Crippen LogP contribution in [0.1, 0.15) is 39.6 Å². The van der Waals surface area contributed by atoms with Crippen molar-refractivity contribution in [2.24, 2.45) is 0 Å². The Hall–Kier alpha value is -3.24. The minimum Gasteiger partial charge on any atom is -0.493 e. The minimum atomic E-state index is 0.109. The van der Waals surface area contributed by atoms with Gasteiger partial charge >= 0.3 is 0 Å². The van der Waals surface area contributed by atoms with Crippen LogP contribution in [0.5, 0.6) is 11.5 Å². The second kappa shape index (κ2) is 8.71. The zero-order valence-corrected chi connectivity index (χ0v) is 19.0. The van der Waals surface area contributed by atoms with E-state index in [9.17, 15) is 0 Å². The van der Waals surface area contributed by atoms with Gasteiger partial charge < -0.3 is 19.8 Å². The van der Waals surface area contributed by atoms with E-state index in [1.165, 1.54) is 44.4 Å². The highest BCUT2D eigenvalue weighted by Crippen LogP contribution is 2.38. The third-order valence-electron chi connectivity index (χ3n) is 6.40. The largest absolute Gasteiger partial charge is 0.493 e. The number of aryl methyl sites for hydroxylation is 2. The molecule has 5 rings (SSSR count). The highest BCUT2D eigenvalue weighted by atomic mass is 16.5. The Labute approximate surface area is 189 Å². The predicted octanol–water partition coefficient (Wildman–Crippen LogP) is 5.65. The molecule has 2 N–H and O–H groups in total. The van der Waals surface area contributed by atoms with Crippen LogP contribution in [0.15, 0.2) is 60.7 Å². The summed E-state index contributed by atoms with van der Waals surface area (Å²) in [5, 5.41) is 5.07. The molecule has 1 aliphatic rings. The third-order valence-corrected chi connectivity index (χ3v) is 6.40. The van der Waals surface area contributed by atoms with Crippen molar-refractivity contribution in [2.75, 3.05) is 20.3 Å². The van der Waals surface area contributed by atoms with E-state index in [1.54, 1.807) is 7.11 Å². The lowest BCUT2D eigenvalue weighted by atomic mass is 9.92. The molecule has 0 saturated carbocycles. The van der Waals surface area contributed by atoms with Gasteiger partial charge in [0.05, 0.1) is 19.8 Å². The molecular weight excluding hydrogens is 396 g/mol. The summed E-state index contributed by atoms with van der Waals surface area (Å²) < 4.78 is 11.8. The number of aromatic amines is 1. The highest BCUT2D eigenvalue weighted by molar-refractivity contribution is 5.89. The fourth-order valence-electron chi connectivity index (χ4n) is 4.96. The van der Waals surface area contributed by atoms with Crippen LogP contribution >= 0.6 is 0 Å². The Balaban J connectivity index is 1.41. The van der Waals surface area contributed by atoms with Crippen molar-refractivity contribution in [3.63, 3.8) is 0 Å². The molecule has 0 saturated heterocycles. The monoisotopic (exact) mass is 426 g/mol. The summed E-state index contributed by atoms with van der Waals surface area (Å²) in [4.78, 5) is 3.72. The fraction of sp³-hybridized carbons (Fsp3) is 0.286. The second-order valence-corrected chi connectivity index (χ2v) is 8.65. The zero-order chi connectivity index (χ0) is 22.1. The molecule has 4 heteroatoms. The number of nitrogens with one attached hydrogen (secondary N) is 2. The molecule has 0 spiro atoms. The molecule has 0 bridgehead atoms. The number of fused-ring (bicyclic) bond motifs is 3. The topological polar surface area (TPSA) is 46.3 Å². The summed E-state index contributed by atoms with van der Waals surface area (Å²) in [6.07, 6.45) is 1.90. The molecule has 1 atom stereocenters. The van der Waals surface area contributed by atoms with Gasteiger partial charge in [-0.15, -0.1) is 0 Å². The molecule has 0 radical (unpaired) electrons. The van der Waals surface area contributed by atoms with Gasteiger partial charge in [0, 0.05) is 29.6 Å². The molecule has 164 valence electrons. The lowest BCUT2D eigenvalue weighted by molar-refractivity contribution is 0.297. The molecule has 4 nitrogen and oxygen atoms in total. The smallest absolute Gasteiger partial charge is 0.161 e. The summed E-state index contributed by atoms with van der Waals surface area (Å²) >= 11 is 0. The molecule has 1 aromatic heterocycles. The number of hydrogen-bond donors (Lipinski definition) is 2. The number of hydrogen-bond acceptors (Lipinski definition) is 3. The molecule has 0 fully saturated rings. The zero-order valence-electron chi connectivity index (χ0n) is 19.0. The molecule has 1 aliphatic heterocycles. The summed E-state index contributed by atoms with van der Waals surface area (Å²) in [7, 11) is 1.71.